The number of rotatable bonds is 3. The number of hydrogen-bond donors (Lipinski definition) is 0. The van der Waals surface area contributed by atoms with Crippen LogP contribution in [0.2, 0.25) is 0 Å². The van der Waals surface area contributed by atoms with Crippen LogP contribution in [0.25, 0.3) is 0 Å². The van der Waals surface area contributed by atoms with Crippen LogP contribution in [0, 0.1) is 6.92 Å². The minimum atomic E-state index is -0.0132. The molecular weight excluding hydrogens is 292 g/mol. The molecule has 0 aliphatic heterocycles. The number of aryl methyl sites for hydroxylation is 1. The van der Waals surface area contributed by atoms with Gasteiger partial charge in [-0.25, -0.2) is 0 Å². The zero-order chi connectivity index (χ0) is 13.1. The molecule has 0 radical (unpaired) electrons. The van der Waals surface area contributed by atoms with Crippen molar-refractivity contribution in [1.82, 2.24) is 0 Å². The van der Waals surface area contributed by atoms with Gasteiger partial charge in [0.15, 0.2) is 5.78 Å². The van der Waals surface area contributed by atoms with Crippen LogP contribution in [0.5, 0.6) is 5.75 Å². The van der Waals surface area contributed by atoms with E-state index in [4.69, 9.17) is 4.74 Å². The van der Waals surface area contributed by atoms with Crippen molar-refractivity contribution in [3.63, 3.8) is 0 Å². The summed E-state index contributed by atoms with van der Waals surface area (Å²) in [4.78, 5) is 12.4. The Balaban J connectivity index is 2.42. The van der Waals surface area contributed by atoms with Crippen molar-refractivity contribution in [2.45, 2.75) is 6.92 Å². The maximum absolute atomic E-state index is 12.4. The molecule has 0 unspecified atom stereocenters. The van der Waals surface area contributed by atoms with Crippen LogP contribution in [0.4, 0.5) is 0 Å². The molecule has 0 saturated carbocycles. The SMILES string of the molecule is COc1ccc(Br)c(C(=O)c2ccc(C)cc2)c1. The smallest absolute Gasteiger partial charge is 0.194 e. The van der Waals surface area contributed by atoms with E-state index >= 15 is 0 Å². The van der Waals surface area contributed by atoms with Gasteiger partial charge in [0.05, 0.1) is 7.11 Å². The van der Waals surface area contributed by atoms with Crippen LogP contribution in [0.3, 0.4) is 0 Å². The Morgan fingerprint density at radius 3 is 2.39 bits per heavy atom. The van der Waals surface area contributed by atoms with Gasteiger partial charge in [-0.05, 0) is 25.1 Å². The minimum absolute atomic E-state index is 0.0132. The lowest BCUT2D eigenvalue weighted by molar-refractivity contribution is 0.103. The first-order valence-electron chi connectivity index (χ1n) is 5.56. The van der Waals surface area contributed by atoms with Crippen LogP contribution >= 0.6 is 15.9 Å². The Bertz CT molecular complexity index is 574. The van der Waals surface area contributed by atoms with E-state index in [0.29, 0.717) is 16.9 Å². The summed E-state index contributed by atoms with van der Waals surface area (Å²) in [5.74, 6) is 0.662. The van der Waals surface area contributed by atoms with Crippen molar-refractivity contribution >= 4 is 21.7 Å². The summed E-state index contributed by atoms with van der Waals surface area (Å²) in [6, 6.07) is 12.9. The summed E-state index contributed by atoms with van der Waals surface area (Å²) >= 11 is 3.40. The number of carbonyl (C=O) groups excluding carboxylic acids is 1. The van der Waals surface area contributed by atoms with E-state index in [-0.39, 0.29) is 5.78 Å². The first-order valence-corrected chi connectivity index (χ1v) is 6.36. The maximum atomic E-state index is 12.4. The molecule has 0 bridgehead atoms. The molecule has 0 aromatic heterocycles. The first-order chi connectivity index (χ1) is 8.61. The molecule has 0 N–H and O–H groups in total. The predicted octanol–water partition coefficient (Wildman–Crippen LogP) is 4.00. The topological polar surface area (TPSA) is 26.3 Å². The van der Waals surface area contributed by atoms with Crippen LogP contribution in [-0.4, -0.2) is 12.9 Å². The number of methoxy groups -OCH3 is 1. The summed E-state index contributed by atoms with van der Waals surface area (Å²) in [5.41, 5.74) is 2.42. The van der Waals surface area contributed by atoms with Gasteiger partial charge < -0.3 is 4.74 Å². The van der Waals surface area contributed by atoms with Crippen LogP contribution in [-0.2, 0) is 0 Å². The van der Waals surface area contributed by atoms with Crippen molar-refractivity contribution in [2.24, 2.45) is 0 Å². The Hall–Kier alpha value is -1.61. The number of hydrogen-bond acceptors (Lipinski definition) is 2. The van der Waals surface area contributed by atoms with Crippen molar-refractivity contribution in [1.29, 1.82) is 0 Å². The van der Waals surface area contributed by atoms with Gasteiger partial charge in [0.25, 0.3) is 0 Å². The van der Waals surface area contributed by atoms with Crippen molar-refractivity contribution in [3.8, 4) is 5.75 Å². The molecule has 2 aromatic rings. The molecular formula is C15H13BrO2. The molecule has 18 heavy (non-hydrogen) atoms. The molecule has 0 aliphatic rings. The Kier molecular flexibility index (Phi) is 3.82. The Labute approximate surface area is 115 Å². The summed E-state index contributed by atoms with van der Waals surface area (Å²) in [7, 11) is 1.59. The van der Waals surface area contributed by atoms with Gasteiger partial charge in [0.1, 0.15) is 5.75 Å². The minimum Gasteiger partial charge on any atom is -0.497 e. The molecule has 92 valence electrons. The van der Waals surface area contributed by atoms with E-state index in [1.807, 2.05) is 43.3 Å². The van der Waals surface area contributed by atoms with Gasteiger partial charge in [0, 0.05) is 15.6 Å². The largest absolute Gasteiger partial charge is 0.497 e. The fourth-order valence-electron chi connectivity index (χ4n) is 1.67. The van der Waals surface area contributed by atoms with Gasteiger partial charge in [0.2, 0.25) is 0 Å². The number of carbonyl (C=O) groups is 1. The summed E-state index contributed by atoms with van der Waals surface area (Å²) < 4.78 is 5.91. The second-order valence-electron chi connectivity index (χ2n) is 4.04. The summed E-state index contributed by atoms with van der Waals surface area (Å²) in [5, 5.41) is 0. The highest BCUT2D eigenvalue weighted by atomic mass is 79.9. The first kappa shape index (κ1) is 12.8. The summed E-state index contributed by atoms with van der Waals surface area (Å²) in [6.07, 6.45) is 0. The molecule has 0 fully saturated rings. The molecule has 0 spiro atoms. The highest BCUT2D eigenvalue weighted by Gasteiger charge is 2.13. The lowest BCUT2D eigenvalue weighted by atomic mass is 10.0. The number of ether oxygens (including phenoxy) is 1. The quantitative estimate of drug-likeness (QED) is 0.801. The Morgan fingerprint density at radius 2 is 1.78 bits per heavy atom. The van der Waals surface area contributed by atoms with Crippen LogP contribution in [0.1, 0.15) is 21.5 Å². The van der Waals surface area contributed by atoms with E-state index in [9.17, 15) is 4.79 Å². The third kappa shape index (κ3) is 2.62. The molecule has 0 amide bonds. The van der Waals surface area contributed by atoms with E-state index in [1.165, 1.54) is 0 Å². The maximum Gasteiger partial charge on any atom is 0.194 e. The van der Waals surface area contributed by atoms with Crippen LogP contribution in [0.15, 0.2) is 46.9 Å². The molecule has 2 rings (SSSR count). The number of benzene rings is 2. The van der Waals surface area contributed by atoms with Gasteiger partial charge in [-0.3, -0.25) is 4.79 Å². The third-order valence-electron chi connectivity index (χ3n) is 2.73. The fourth-order valence-corrected chi connectivity index (χ4v) is 2.09. The van der Waals surface area contributed by atoms with E-state index in [0.717, 1.165) is 10.0 Å². The molecule has 0 aliphatic carbocycles. The van der Waals surface area contributed by atoms with Gasteiger partial charge in [-0.15, -0.1) is 0 Å². The molecule has 3 heteroatoms. The second-order valence-corrected chi connectivity index (χ2v) is 4.90. The van der Waals surface area contributed by atoms with E-state index in [2.05, 4.69) is 15.9 Å². The van der Waals surface area contributed by atoms with Crippen LogP contribution < -0.4 is 4.74 Å². The molecule has 0 atom stereocenters. The monoisotopic (exact) mass is 304 g/mol. The average molecular weight is 305 g/mol. The predicted molar refractivity (Wildman–Crippen MR) is 75.3 cm³/mol. The normalized spacial score (nSPS) is 10.2. The molecule has 2 nitrogen and oxygen atoms in total. The van der Waals surface area contributed by atoms with Crippen molar-refractivity contribution < 1.29 is 9.53 Å². The Morgan fingerprint density at radius 1 is 1.11 bits per heavy atom. The van der Waals surface area contributed by atoms with Gasteiger partial charge in [-0.2, -0.15) is 0 Å². The zero-order valence-corrected chi connectivity index (χ0v) is 11.8. The third-order valence-corrected chi connectivity index (χ3v) is 3.42. The number of ketones is 1. The highest BCUT2D eigenvalue weighted by Crippen LogP contribution is 2.25. The van der Waals surface area contributed by atoms with Crippen molar-refractivity contribution in [2.75, 3.05) is 7.11 Å². The summed E-state index contributed by atoms with van der Waals surface area (Å²) in [6.45, 7) is 2.00. The highest BCUT2D eigenvalue weighted by molar-refractivity contribution is 9.10. The van der Waals surface area contributed by atoms with Gasteiger partial charge in [-0.1, -0.05) is 45.8 Å². The van der Waals surface area contributed by atoms with E-state index in [1.54, 1.807) is 13.2 Å². The molecule has 0 heterocycles. The lowest BCUT2D eigenvalue weighted by Crippen LogP contribution is -2.02. The fraction of sp³-hybridized carbons (Fsp3) is 0.133. The lowest BCUT2D eigenvalue weighted by Gasteiger charge is -2.07. The standard InChI is InChI=1S/C15H13BrO2/c1-10-3-5-11(6-4-10)15(17)13-9-12(18-2)7-8-14(13)16/h3-9H,1-2H3. The van der Waals surface area contributed by atoms with E-state index < -0.39 is 0 Å². The van der Waals surface area contributed by atoms with Crippen molar-refractivity contribution in [3.05, 3.63) is 63.6 Å². The van der Waals surface area contributed by atoms with Gasteiger partial charge >= 0.3 is 0 Å². The number of halogens is 1. The molecule has 2 aromatic carbocycles. The second kappa shape index (κ2) is 5.36. The zero-order valence-electron chi connectivity index (χ0n) is 10.2. The molecule has 0 saturated heterocycles. The average Bonchev–Trinajstić information content (AvgIpc) is 2.39.